The predicted octanol–water partition coefficient (Wildman–Crippen LogP) is 3.58. The largest absolute Gasteiger partial charge is 0.393 e. The van der Waals surface area contributed by atoms with Crippen LogP contribution in [0.3, 0.4) is 0 Å². The maximum Gasteiger partial charge on any atom is 0.0578 e. The molecule has 1 heterocycles. The SMILES string of the molecule is Cc1ccc(C)n1-c1ccccc1C(C)C(C)O. The predicted molar refractivity (Wildman–Crippen MR) is 75.3 cm³/mol. The Bertz CT molecular complexity index is 520. The van der Waals surface area contributed by atoms with Gasteiger partial charge in [-0.25, -0.2) is 0 Å². The van der Waals surface area contributed by atoms with Crippen molar-refractivity contribution >= 4 is 0 Å². The first-order chi connectivity index (χ1) is 8.52. The van der Waals surface area contributed by atoms with Crippen LogP contribution in [0.1, 0.15) is 36.7 Å². The van der Waals surface area contributed by atoms with E-state index >= 15 is 0 Å². The molecule has 2 rings (SSSR count). The number of hydrogen-bond donors (Lipinski definition) is 1. The molecule has 2 aromatic rings. The van der Waals surface area contributed by atoms with Crippen LogP contribution in [-0.2, 0) is 0 Å². The fourth-order valence-corrected chi connectivity index (χ4v) is 2.38. The fraction of sp³-hybridized carbons (Fsp3) is 0.375. The van der Waals surface area contributed by atoms with Crippen molar-refractivity contribution in [3.63, 3.8) is 0 Å². The molecule has 0 spiro atoms. The smallest absolute Gasteiger partial charge is 0.0578 e. The van der Waals surface area contributed by atoms with Crippen LogP contribution in [-0.4, -0.2) is 15.8 Å². The number of aliphatic hydroxyl groups excluding tert-OH is 1. The topological polar surface area (TPSA) is 25.2 Å². The van der Waals surface area contributed by atoms with Crippen molar-refractivity contribution in [1.82, 2.24) is 4.57 Å². The number of aryl methyl sites for hydroxylation is 2. The summed E-state index contributed by atoms with van der Waals surface area (Å²) in [5.41, 5.74) is 4.80. The Kier molecular flexibility index (Phi) is 3.58. The molecule has 0 amide bonds. The number of rotatable bonds is 3. The number of aromatic nitrogens is 1. The molecule has 2 atom stereocenters. The molecule has 2 unspecified atom stereocenters. The summed E-state index contributed by atoms with van der Waals surface area (Å²) < 4.78 is 2.24. The van der Waals surface area contributed by atoms with Gasteiger partial charge in [-0.3, -0.25) is 0 Å². The van der Waals surface area contributed by atoms with Crippen molar-refractivity contribution in [3.8, 4) is 5.69 Å². The Morgan fingerprint density at radius 2 is 1.50 bits per heavy atom. The summed E-state index contributed by atoms with van der Waals surface area (Å²) in [5.74, 6) is 0.127. The van der Waals surface area contributed by atoms with E-state index in [1.807, 2.05) is 19.1 Å². The van der Waals surface area contributed by atoms with Gasteiger partial charge in [0.2, 0.25) is 0 Å². The Labute approximate surface area is 109 Å². The van der Waals surface area contributed by atoms with Gasteiger partial charge in [0.15, 0.2) is 0 Å². The van der Waals surface area contributed by atoms with Crippen LogP contribution < -0.4 is 0 Å². The number of aliphatic hydroxyl groups is 1. The molecule has 1 N–H and O–H groups in total. The summed E-state index contributed by atoms with van der Waals surface area (Å²) >= 11 is 0. The Balaban J connectivity index is 2.59. The van der Waals surface area contributed by atoms with E-state index in [2.05, 4.69) is 49.6 Å². The number of hydrogen-bond acceptors (Lipinski definition) is 1. The maximum absolute atomic E-state index is 9.83. The van der Waals surface area contributed by atoms with E-state index in [1.165, 1.54) is 22.6 Å². The molecule has 1 aromatic carbocycles. The average molecular weight is 243 g/mol. The van der Waals surface area contributed by atoms with Gasteiger partial charge in [0.25, 0.3) is 0 Å². The summed E-state index contributed by atoms with van der Waals surface area (Å²) in [7, 11) is 0. The molecule has 0 aliphatic heterocycles. The van der Waals surface area contributed by atoms with Gasteiger partial charge in [0.05, 0.1) is 6.10 Å². The van der Waals surface area contributed by atoms with Crippen molar-refractivity contribution in [1.29, 1.82) is 0 Å². The molecule has 1 aromatic heterocycles. The summed E-state index contributed by atoms with van der Waals surface area (Å²) in [6, 6.07) is 12.6. The van der Waals surface area contributed by atoms with Crippen LogP contribution in [0.15, 0.2) is 36.4 Å². The van der Waals surface area contributed by atoms with Gasteiger partial charge in [-0.05, 0) is 44.5 Å². The molecule has 0 aliphatic rings. The highest BCUT2D eigenvalue weighted by atomic mass is 16.3. The molecule has 0 saturated heterocycles. The van der Waals surface area contributed by atoms with Crippen LogP contribution >= 0.6 is 0 Å². The Hall–Kier alpha value is -1.54. The first kappa shape index (κ1) is 12.9. The average Bonchev–Trinajstić information content (AvgIpc) is 2.68. The second-order valence-corrected chi connectivity index (χ2v) is 5.04. The molecular weight excluding hydrogens is 222 g/mol. The van der Waals surface area contributed by atoms with E-state index in [-0.39, 0.29) is 12.0 Å². The van der Waals surface area contributed by atoms with Gasteiger partial charge < -0.3 is 9.67 Å². The Morgan fingerprint density at radius 1 is 0.944 bits per heavy atom. The van der Waals surface area contributed by atoms with E-state index in [1.54, 1.807) is 0 Å². The zero-order chi connectivity index (χ0) is 13.3. The van der Waals surface area contributed by atoms with Crippen molar-refractivity contribution in [2.24, 2.45) is 0 Å². The van der Waals surface area contributed by atoms with Gasteiger partial charge in [0, 0.05) is 23.0 Å². The molecule has 18 heavy (non-hydrogen) atoms. The zero-order valence-corrected chi connectivity index (χ0v) is 11.5. The van der Waals surface area contributed by atoms with E-state index < -0.39 is 0 Å². The quantitative estimate of drug-likeness (QED) is 0.875. The minimum Gasteiger partial charge on any atom is -0.393 e. The van der Waals surface area contributed by atoms with Crippen LogP contribution in [0.5, 0.6) is 0 Å². The van der Waals surface area contributed by atoms with Gasteiger partial charge >= 0.3 is 0 Å². The van der Waals surface area contributed by atoms with Gasteiger partial charge in [-0.2, -0.15) is 0 Å². The van der Waals surface area contributed by atoms with E-state index in [4.69, 9.17) is 0 Å². The van der Waals surface area contributed by atoms with Gasteiger partial charge in [-0.15, -0.1) is 0 Å². The van der Waals surface area contributed by atoms with E-state index in [0.29, 0.717) is 0 Å². The standard InChI is InChI=1S/C16H21NO/c1-11-9-10-12(2)17(11)16-8-6-5-7-15(16)13(3)14(4)18/h5-10,13-14,18H,1-4H3. The molecule has 0 fully saturated rings. The van der Waals surface area contributed by atoms with Crippen LogP contribution in [0.4, 0.5) is 0 Å². The third kappa shape index (κ3) is 2.21. The van der Waals surface area contributed by atoms with Crippen molar-refractivity contribution in [2.45, 2.75) is 39.7 Å². The summed E-state index contributed by atoms with van der Waals surface area (Å²) in [5, 5.41) is 9.83. The van der Waals surface area contributed by atoms with Crippen LogP contribution in [0, 0.1) is 13.8 Å². The summed E-state index contributed by atoms with van der Waals surface area (Å²) in [6.07, 6.45) is -0.345. The molecular formula is C16H21NO. The lowest BCUT2D eigenvalue weighted by Crippen LogP contribution is -2.14. The lowest BCUT2D eigenvalue weighted by atomic mass is 9.94. The molecule has 0 saturated carbocycles. The van der Waals surface area contributed by atoms with Gasteiger partial charge in [-0.1, -0.05) is 25.1 Å². The minimum absolute atomic E-state index is 0.127. The normalized spacial score (nSPS) is 14.5. The highest BCUT2D eigenvalue weighted by Crippen LogP contribution is 2.28. The number of nitrogens with zero attached hydrogens (tertiary/aromatic N) is 1. The highest BCUT2D eigenvalue weighted by Gasteiger charge is 2.17. The highest BCUT2D eigenvalue weighted by molar-refractivity contribution is 5.46. The van der Waals surface area contributed by atoms with Crippen molar-refractivity contribution in [2.75, 3.05) is 0 Å². The molecule has 2 heteroatoms. The lowest BCUT2D eigenvalue weighted by molar-refractivity contribution is 0.169. The summed E-state index contributed by atoms with van der Waals surface area (Å²) in [6.45, 7) is 8.13. The zero-order valence-electron chi connectivity index (χ0n) is 11.5. The van der Waals surface area contributed by atoms with Crippen molar-refractivity contribution < 1.29 is 5.11 Å². The van der Waals surface area contributed by atoms with Crippen molar-refractivity contribution in [3.05, 3.63) is 53.3 Å². The molecule has 0 bridgehead atoms. The third-order valence-electron chi connectivity index (χ3n) is 3.66. The lowest BCUT2D eigenvalue weighted by Gasteiger charge is -2.21. The fourth-order valence-electron chi connectivity index (χ4n) is 2.38. The number of benzene rings is 1. The molecule has 96 valence electrons. The monoisotopic (exact) mass is 243 g/mol. The molecule has 0 radical (unpaired) electrons. The van der Waals surface area contributed by atoms with E-state index in [0.717, 1.165) is 0 Å². The van der Waals surface area contributed by atoms with Gasteiger partial charge in [0.1, 0.15) is 0 Å². The Morgan fingerprint density at radius 3 is 2.06 bits per heavy atom. The minimum atomic E-state index is -0.345. The second-order valence-electron chi connectivity index (χ2n) is 5.04. The second kappa shape index (κ2) is 4.99. The number of para-hydroxylation sites is 1. The third-order valence-corrected chi connectivity index (χ3v) is 3.66. The molecule has 0 aliphatic carbocycles. The first-order valence-corrected chi connectivity index (χ1v) is 6.44. The van der Waals surface area contributed by atoms with Crippen LogP contribution in [0.2, 0.25) is 0 Å². The van der Waals surface area contributed by atoms with Crippen LogP contribution in [0.25, 0.3) is 5.69 Å². The maximum atomic E-state index is 9.83. The first-order valence-electron chi connectivity index (χ1n) is 6.44. The molecule has 2 nitrogen and oxygen atoms in total. The van der Waals surface area contributed by atoms with E-state index in [9.17, 15) is 5.11 Å². The summed E-state index contributed by atoms with van der Waals surface area (Å²) in [4.78, 5) is 0.